The second-order valence-corrected chi connectivity index (χ2v) is 8.37. The first kappa shape index (κ1) is 18.0. The van der Waals surface area contributed by atoms with E-state index < -0.39 is 10.0 Å². The summed E-state index contributed by atoms with van der Waals surface area (Å²) in [5, 5.41) is 0.606. The fourth-order valence-corrected chi connectivity index (χ4v) is 4.54. The number of anilines is 1. The summed E-state index contributed by atoms with van der Waals surface area (Å²) in [6.07, 6.45) is 0. The van der Waals surface area contributed by atoms with Crippen LogP contribution in [0.4, 0.5) is 5.69 Å². The molecule has 3 rings (SSSR count). The lowest BCUT2D eigenvalue weighted by molar-refractivity contribution is 0.384. The SMILES string of the molecule is COc1ccc(N2CCN(S(=O)(=O)Cc3ccc(Cl)cc3)CC2)cc1. The summed E-state index contributed by atoms with van der Waals surface area (Å²) in [5.41, 5.74) is 1.83. The monoisotopic (exact) mass is 380 g/mol. The van der Waals surface area contributed by atoms with Gasteiger partial charge in [-0.1, -0.05) is 23.7 Å². The van der Waals surface area contributed by atoms with E-state index >= 15 is 0 Å². The standard InChI is InChI=1S/C18H21ClN2O3S/c1-24-18-8-6-17(7-9-18)20-10-12-21(13-11-20)25(22,23)14-15-2-4-16(19)5-3-15/h2-9H,10-14H2,1H3. The van der Waals surface area contributed by atoms with Crippen LogP contribution in [0.2, 0.25) is 5.02 Å². The van der Waals surface area contributed by atoms with Crippen LogP contribution >= 0.6 is 11.6 Å². The second kappa shape index (κ2) is 7.64. The molecule has 0 aromatic heterocycles. The molecular weight excluding hydrogens is 360 g/mol. The fourth-order valence-electron chi connectivity index (χ4n) is 2.90. The molecule has 25 heavy (non-hydrogen) atoms. The summed E-state index contributed by atoms with van der Waals surface area (Å²) in [7, 11) is -1.68. The molecule has 0 unspecified atom stereocenters. The molecule has 0 saturated carbocycles. The van der Waals surface area contributed by atoms with Gasteiger partial charge in [0.15, 0.2) is 0 Å². The Morgan fingerprint density at radius 3 is 2.12 bits per heavy atom. The van der Waals surface area contributed by atoms with E-state index in [1.807, 2.05) is 24.3 Å². The van der Waals surface area contributed by atoms with Gasteiger partial charge in [-0.25, -0.2) is 8.42 Å². The van der Waals surface area contributed by atoms with Gasteiger partial charge in [-0.15, -0.1) is 0 Å². The van der Waals surface area contributed by atoms with Gasteiger partial charge in [0, 0.05) is 36.9 Å². The number of sulfonamides is 1. The maximum absolute atomic E-state index is 12.6. The third kappa shape index (κ3) is 4.45. The van der Waals surface area contributed by atoms with Crippen LogP contribution in [0.1, 0.15) is 5.56 Å². The summed E-state index contributed by atoms with van der Waals surface area (Å²) < 4.78 is 32.0. The minimum Gasteiger partial charge on any atom is -0.497 e. The second-order valence-electron chi connectivity index (χ2n) is 5.97. The first-order valence-electron chi connectivity index (χ1n) is 8.09. The summed E-state index contributed by atoms with van der Waals surface area (Å²) in [6.45, 7) is 2.32. The Morgan fingerprint density at radius 1 is 0.960 bits per heavy atom. The van der Waals surface area contributed by atoms with Gasteiger partial charge < -0.3 is 9.64 Å². The van der Waals surface area contributed by atoms with Crippen molar-refractivity contribution in [2.75, 3.05) is 38.2 Å². The van der Waals surface area contributed by atoms with Crippen LogP contribution < -0.4 is 9.64 Å². The number of hydrogen-bond donors (Lipinski definition) is 0. The van der Waals surface area contributed by atoms with Crippen LogP contribution in [0.15, 0.2) is 48.5 Å². The van der Waals surface area contributed by atoms with Gasteiger partial charge in [0.1, 0.15) is 5.75 Å². The Morgan fingerprint density at radius 2 is 1.56 bits per heavy atom. The number of benzene rings is 2. The molecule has 1 aliphatic heterocycles. The normalized spacial score (nSPS) is 16.0. The van der Waals surface area contributed by atoms with Gasteiger partial charge in [0.25, 0.3) is 0 Å². The van der Waals surface area contributed by atoms with Crippen LogP contribution in [0, 0.1) is 0 Å². The number of nitrogens with zero attached hydrogens (tertiary/aromatic N) is 2. The van der Waals surface area contributed by atoms with Crippen molar-refractivity contribution in [2.24, 2.45) is 0 Å². The zero-order chi connectivity index (χ0) is 17.9. The van der Waals surface area contributed by atoms with E-state index in [9.17, 15) is 8.42 Å². The van der Waals surface area contributed by atoms with Crippen LogP contribution in [0.25, 0.3) is 0 Å². The van der Waals surface area contributed by atoms with Crippen LogP contribution in [0.5, 0.6) is 5.75 Å². The Bertz CT molecular complexity index is 799. The first-order valence-corrected chi connectivity index (χ1v) is 10.1. The molecule has 1 heterocycles. The van der Waals surface area contributed by atoms with Crippen molar-refractivity contribution in [3.63, 3.8) is 0 Å². The third-order valence-electron chi connectivity index (χ3n) is 4.33. The molecule has 0 bridgehead atoms. The number of ether oxygens (including phenoxy) is 1. The van der Waals surface area contributed by atoms with Gasteiger partial charge in [-0.05, 0) is 42.0 Å². The maximum Gasteiger partial charge on any atom is 0.218 e. The molecule has 0 N–H and O–H groups in total. The van der Waals surface area contributed by atoms with E-state index in [-0.39, 0.29) is 5.75 Å². The van der Waals surface area contributed by atoms with E-state index in [0.717, 1.165) is 17.0 Å². The quantitative estimate of drug-likeness (QED) is 0.800. The van der Waals surface area contributed by atoms with Crippen molar-refractivity contribution in [1.82, 2.24) is 4.31 Å². The molecule has 2 aromatic carbocycles. The van der Waals surface area contributed by atoms with Crippen LogP contribution in [-0.2, 0) is 15.8 Å². The third-order valence-corrected chi connectivity index (χ3v) is 6.43. The van der Waals surface area contributed by atoms with E-state index in [1.54, 1.807) is 35.7 Å². The molecule has 1 fully saturated rings. The summed E-state index contributed by atoms with van der Waals surface area (Å²) in [6, 6.07) is 14.8. The Labute approximate surface area is 153 Å². The van der Waals surface area contributed by atoms with Crippen LogP contribution in [0.3, 0.4) is 0 Å². The first-order chi connectivity index (χ1) is 12.0. The smallest absolute Gasteiger partial charge is 0.218 e. The molecule has 1 saturated heterocycles. The molecule has 0 spiro atoms. The van der Waals surface area contributed by atoms with Gasteiger partial charge in [0.2, 0.25) is 10.0 Å². The van der Waals surface area contributed by atoms with Crippen molar-refractivity contribution in [2.45, 2.75) is 5.75 Å². The number of rotatable bonds is 5. The van der Waals surface area contributed by atoms with Crippen molar-refractivity contribution < 1.29 is 13.2 Å². The Hall–Kier alpha value is -1.76. The molecule has 0 amide bonds. The minimum atomic E-state index is -3.32. The number of hydrogen-bond acceptors (Lipinski definition) is 4. The summed E-state index contributed by atoms with van der Waals surface area (Å²) in [5.74, 6) is 0.820. The van der Waals surface area contributed by atoms with E-state index in [4.69, 9.17) is 16.3 Å². The van der Waals surface area contributed by atoms with Crippen LogP contribution in [-0.4, -0.2) is 46.0 Å². The highest BCUT2D eigenvalue weighted by Crippen LogP contribution is 2.22. The molecule has 1 aliphatic rings. The molecular formula is C18H21ClN2O3S. The van der Waals surface area contributed by atoms with Gasteiger partial charge in [-0.3, -0.25) is 0 Å². The van der Waals surface area contributed by atoms with Crippen molar-refractivity contribution in [1.29, 1.82) is 0 Å². The molecule has 5 nitrogen and oxygen atoms in total. The molecule has 134 valence electrons. The predicted octanol–water partition coefficient (Wildman–Crippen LogP) is 3.00. The highest BCUT2D eigenvalue weighted by Gasteiger charge is 2.27. The van der Waals surface area contributed by atoms with Crippen molar-refractivity contribution in [3.8, 4) is 5.75 Å². The molecule has 0 atom stereocenters. The lowest BCUT2D eigenvalue weighted by atomic mass is 10.2. The zero-order valence-corrected chi connectivity index (χ0v) is 15.6. The fraction of sp³-hybridized carbons (Fsp3) is 0.333. The van der Waals surface area contributed by atoms with Crippen molar-refractivity contribution >= 4 is 27.3 Å². The number of methoxy groups -OCH3 is 1. The number of halogens is 1. The van der Waals surface area contributed by atoms with Gasteiger partial charge in [-0.2, -0.15) is 4.31 Å². The average Bonchev–Trinajstić information content (AvgIpc) is 2.64. The lowest BCUT2D eigenvalue weighted by Gasteiger charge is -2.35. The zero-order valence-electron chi connectivity index (χ0n) is 14.1. The molecule has 0 aliphatic carbocycles. The number of piperazine rings is 1. The van der Waals surface area contributed by atoms with E-state index in [2.05, 4.69) is 4.90 Å². The predicted molar refractivity (Wildman–Crippen MR) is 101 cm³/mol. The highest BCUT2D eigenvalue weighted by atomic mass is 35.5. The highest BCUT2D eigenvalue weighted by molar-refractivity contribution is 7.88. The van der Waals surface area contributed by atoms with E-state index in [1.165, 1.54) is 0 Å². The van der Waals surface area contributed by atoms with E-state index in [0.29, 0.717) is 31.2 Å². The summed E-state index contributed by atoms with van der Waals surface area (Å²) in [4.78, 5) is 2.19. The largest absolute Gasteiger partial charge is 0.497 e. The summed E-state index contributed by atoms with van der Waals surface area (Å²) >= 11 is 5.85. The lowest BCUT2D eigenvalue weighted by Crippen LogP contribution is -2.49. The van der Waals surface area contributed by atoms with Crippen molar-refractivity contribution in [3.05, 3.63) is 59.1 Å². The maximum atomic E-state index is 12.6. The molecule has 0 radical (unpaired) electrons. The molecule has 7 heteroatoms. The van der Waals surface area contributed by atoms with Gasteiger partial charge in [0.05, 0.1) is 12.9 Å². The van der Waals surface area contributed by atoms with Gasteiger partial charge >= 0.3 is 0 Å². The average molecular weight is 381 g/mol. The Balaban J connectivity index is 1.61. The molecule has 2 aromatic rings. The topological polar surface area (TPSA) is 49.9 Å². The Kier molecular flexibility index (Phi) is 5.51. The minimum absolute atomic E-state index is 0.00665.